The van der Waals surface area contributed by atoms with Crippen LogP contribution in [0.25, 0.3) is 0 Å². The SMILES string of the molecule is CCOc1ccc(C(NC)C2(C)CCCCC2)cc1. The lowest BCUT2D eigenvalue weighted by molar-refractivity contribution is 0.150. The molecule has 1 N–H and O–H groups in total. The molecule has 2 rings (SSSR count). The molecule has 0 saturated heterocycles. The van der Waals surface area contributed by atoms with Crippen molar-refractivity contribution in [1.29, 1.82) is 0 Å². The van der Waals surface area contributed by atoms with Crippen molar-refractivity contribution in [3.8, 4) is 5.75 Å². The van der Waals surface area contributed by atoms with Crippen molar-refractivity contribution in [2.45, 2.75) is 52.0 Å². The third-order valence-corrected chi connectivity index (χ3v) is 4.51. The first-order valence-electron chi connectivity index (χ1n) is 7.59. The molecule has 1 fully saturated rings. The Morgan fingerprint density at radius 3 is 2.32 bits per heavy atom. The average Bonchev–Trinajstić information content (AvgIpc) is 2.42. The van der Waals surface area contributed by atoms with Crippen LogP contribution in [-0.2, 0) is 0 Å². The first-order chi connectivity index (χ1) is 9.19. The molecule has 0 aromatic heterocycles. The standard InChI is InChI=1S/C17H27NO/c1-4-19-15-10-8-14(9-11-15)16(18-3)17(2)12-6-5-7-13-17/h8-11,16,18H,4-7,12-13H2,1-3H3. The second-order valence-electron chi connectivity index (χ2n) is 5.94. The summed E-state index contributed by atoms with van der Waals surface area (Å²) in [7, 11) is 2.08. The van der Waals surface area contributed by atoms with E-state index in [1.165, 1.54) is 37.7 Å². The highest BCUT2D eigenvalue weighted by atomic mass is 16.5. The van der Waals surface area contributed by atoms with Gasteiger partial charge in [-0.25, -0.2) is 0 Å². The molecular formula is C17H27NO. The summed E-state index contributed by atoms with van der Waals surface area (Å²) >= 11 is 0. The molecule has 0 amide bonds. The molecule has 1 saturated carbocycles. The van der Waals surface area contributed by atoms with Gasteiger partial charge >= 0.3 is 0 Å². The Morgan fingerprint density at radius 1 is 1.16 bits per heavy atom. The molecular weight excluding hydrogens is 234 g/mol. The second kappa shape index (κ2) is 6.42. The maximum absolute atomic E-state index is 5.52. The molecule has 0 bridgehead atoms. The number of nitrogens with one attached hydrogen (secondary N) is 1. The summed E-state index contributed by atoms with van der Waals surface area (Å²) < 4.78 is 5.52. The molecule has 2 nitrogen and oxygen atoms in total. The summed E-state index contributed by atoms with van der Waals surface area (Å²) in [6.45, 7) is 5.18. The summed E-state index contributed by atoms with van der Waals surface area (Å²) in [5.74, 6) is 0.968. The Kier molecular flexibility index (Phi) is 4.87. The third kappa shape index (κ3) is 3.30. The topological polar surface area (TPSA) is 21.3 Å². The molecule has 19 heavy (non-hydrogen) atoms. The van der Waals surface area contributed by atoms with Crippen LogP contribution in [0.15, 0.2) is 24.3 Å². The van der Waals surface area contributed by atoms with Gasteiger partial charge in [0.1, 0.15) is 5.75 Å². The minimum absolute atomic E-state index is 0.389. The minimum atomic E-state index is 0.389. The van der Waals surface area contributed by atoms with Crippen molar-refractivity contribution in [3.63, 3.8) is 0 Å². The van der Waals surface area contributed by atoms with Crippen LogP contribution < -0.4 is 10.1 Å². The fourth-order valence-corrected chi connectivity index (χ4v) is 3.49. The predicted octanol–water partition coefficient (Wildman–Crippen LogP) is 4.32. The second-order valence-corrected chi connectivity index (χ2v) is 5.94. The quantitative estimate of drug-likeness (QED) is 0.852. The van der Waals surface area contributed by atoms with Crippen LogP contribution in [0.4, 0.5) is 0 Å². The van der Waals surface area contributed by atoms with E-state index in [2.05, 4.69) is 43.6 Å². The number of ether oxygens (including phenoxy) is 1. The molecule has 0 aliphatic heterocycles. The van der Waals surface area contributed by atoms with Gasteiger partial charge in [0.2, 0.25) is 0 Å². The van der Waals surface area contributed by atoms with E-state index in [0.717, 1.165) is 12.4 Å². The Bertz CT molecular complexity index is 379. The summed E-state index contributed by atoms with van der Waals surface area (Å²) in [5.41, 5.74) is 1.77. The van der Waals surface area contributed by atoms with E-state index < -0.39 is 0 Å². The Labute approximate surface area is 117 Å². The van der Waals surface area contributed by atoms with Crippen LogP contribution in [0.2, 0.25) is 0 Å². The van der Waals surface area contributed by atoms with E-state index in [9.17, 15) is 0 Å². The van der Waals surface area contributed by atoms with Gasteiger partial charge in [-0.3, -0.25) is 0 Å². The molecule has 1 aliphatic carbocycles. The van der Waals surface area contributed by atoms with Gasteiger partial charge < -0.3 is 10.1 Å². The van der Waals surface area contributed by atoms with Gasteiger partial charge in [0.25, 0.3) is 0 Å². The highest BCUT2D eigenvalue weighted by Gasteiger charge is 2.35. The molecule has 1 unspecified atom stereocenters. The molecule has 1 aliphatic rings. The Morgan fingerprint density at radius 2 is 1.79 bits per heavy atom. The third-order valence-electron chi connectivity index (χ3n) is 4.51. The van der Waals surface area contributed by atoms with Gasteiger partial charge in [0.15, 0.2) is 0 Å². The van der Waals surface area contributed by atoms with Gasteiger partial charge in [-0.15, -0.1) is 0 Å². The van der Waals surface area contributed by atoms with E-state index >= 15 is 0 Å². The van der Waals surface area contributed by atoms with Crippen LogP contribution in [0, 0.1) is 5.41 Å². The van der Waals surface area contributed by atoms with Crippen molar-refractivity contribution in [1.82, 2.24) is 5.32 Å². The number of hydrogen-bond acceptors (Lipinski definition) is 2. The van der Waals surface area contributed by atoms with E-state index in [1.54, 1.807) is 0 Å². The van der Waals surface area contributed by atoms with Crippen LogP contribution in [0.5, 0.6) is 5.75 Å². The van der Waals surface area contributed by atoms with Crippen LogP contribution in [0.1, 0.15) is 57.6 Å². The fraction of sp³-hybridized carbons (Fsp3) is 0.647. The molecule has 0 spiro atoms. The highest BCUT2D eigenvalue weighted by molar-refractivity contribution is 5.30. The first-order valence-corrected chi connectivity index (χ1v) is 7.59. The van der Waals surface area contributed by atoms with Crippen LogP contribution in [0.3, 0.4) is 0 Å². The Hall–Kier alpha value is -1.02. The smallest absolute Gasteiger partial charge is 0.119 e. The van der Waals surface area contributed by atoms with Crippen molar-refractivity contribution in [2.24, 2.45) is 5.41 Å². The van der Waals surface area contributed by atoms with Gasteiger partial charge in [-0.2, -0.15) is 0 Å². The van der Waals surface area contributed by atoms with Crippen LogP contribution in [-0.4, -0.2) is 13.7 Å². The van der Waals surface area contributed by atoms with Crippen molar-refractivity contribution < 1.29 is 4.74 Å². The molecule has 1 aromatic rings. The molecule has 106 valence electrons. The van der Waals surface area contributed by atoms with E-state index in [4.69, 9.17) is 4.74 Å². The van der Waals surface area contributed by atoms with E-state index in [1.807, 2.05) is 6.92 Å². The average molecular weight is 261 g/mol. The van der Waals surface area contributed by atoms with E-state index in [-0.39, 0.29) is 0 Å². The maximum Gasteiger partial charge on any atom is 0.119 e. The monoisotopic (exact) mass is 261 g/mol. The van der Waals surface area contributed by atoms with Crippen molar-refractivity contribution in [2.75, 3.05) is 13.7 Å². The number of benzene rings is 1. The summed E-state index contributed by atoms with van der Waals surface area (Å²) in [4.78, 5) is 0. The summed E-state index contributed by atoms with van der Waals surface area (Å²) in [5, 5.41) is 3.54. The van der Waals surface area contributed by atoms with Gasteiger partial charge in [0.05, 0.1) is 6.61 Å². The van der Waals surface area contributed by atoms with E-state index in [0.29, 0.717) is 11.5 Å². The summed E-state index contributed by atoms with van der Waals surface area (Å²) in [6.07, 6.45) is 6.78. The molecule has 1 aromatic carbocycles. The zero-order chi connectivity index (χ0) is 13.7. The zero-order valence-electron chi connectivity index (χ0n) is 12.5. The lowest BCUT2D eigenvalue weighted by Crippen LogP contribution is -2.36. The van der Waals surface area contributed by atoms with Gasteiger partial charge in [-0.1, -0.05) is 38.3 Å². The largest absolute Gasteiger partial charge is 0.494 e. The normalized spacial score (nSPS) is 19.9. The predicted molar refractivity (Wildman–Crippen MR) is 80.6 cm³/mol. The molecule has 1 atom stereocenters. The molecule has 0 heterocycles. The Balaban J connectivity index is 2.16. The minimum Gasteiger partial charge on any atom is -0.494 e. The maximum atomic E-state index is 5.52. The number of rotatable bonds is 5. The lowest BCUT2D eigenvalue weighted by Gasteiger charge is -2.41. The van der Waals surface area contributed by atoms with Gasteiger partial charge in [-0.05, 0) is 49.9 Å². The van der Waals surface area contributed by atoms with Crippen molar-refractivity contribution >= 4 is 0 Å². The van der Waals surface area contributed by atoms with Gasteiger partial charge in [0, 0.05) is 6.04 Å². The highest BCUT2D eigenvalue weighted by Crippen LogP contribution is 2.45. The first kappa shape index (κ1) is 14.4. The molecule has 0 radical (unpaired) electrons. The molecule has 2 heteroatoms. The fourth-order valence-electron chi connectivity index (χ4n) is 3.49. The zero-order valence-corrected chi connectivity index (χ0v) is 12.5. The lowest BCUT2D eigenvalue weighted by atomic mass is 9.68. The number of hydrogen-bond donors (Lipinski definition) is 1. The van der Waals surface area contributed by atoms with Crippen LogP contribution >= 0.6 is 0 Å². The van der Waals surface area contributed by atoms with Crippen molar-refractivity contribution in [3.05, 3.63) is 29.8 Å². The summed E-state index contributed by atoms with van der Waals surface area (Å²) in [6, 6.07) is 9.06.